The number of hydrogen-bond acceptors (Lipinski definition) is 4. The molecule has 25 heavy (non-hydrogen) atoms. The first-order valence-electron chi connectivity index (χ1n) is 7.04. The zero-order valence-electron chi connectivity index (χ0n) is 12.6. The molecule has 5 nitrogen and oxygen atoms in total. The summed E-state index contributed by atoms with van der Waals surface area (Å²) in [5.41, 5.74) is 5.48. The lowest BCUT2D eigenvalue weighted by molar-refractivity contribution is 0.0699. The standard InChI is InChI=1S/C17H11F2NO4S/c18-11-5-6-12(19)15-13(11)10(14(25-15)17(22)23)7-24-9-3-1-8(2-4-9)16(20)21/h1-6H,7H2,(H2,20,21)(H,22,23). The lowest BCUT2D eigenvalue weighted by Crippen LogP contribution is -2.10. The molecule has 0 aliphatic rings. The van der Waals surface area contributed by atoms with Crippen molar-refractivity contribution >= 4 is 33.3 Å². The number of primary amides is 1. The van der Waals surface area contributed by atoms with Crippen molar-refractivity contribution in [3.05, 3.63) is 64.0 Å². The normalized spacial score (nSPS) is 10.8. The predicted molar refractivity (Wildman–Crippen MR) is 88.0 cm³/mol. The SMILES string of the molecule is NC(=O)c1ccc(OCc2c(C(=O)O)sc3c(F)ccc(F)c23)cc1. The molecule has 0 aliphatic heterocycles. The zero-order valence-corrected chi connectivity index (χ0v) is 13.4. The lowest BCUT2D eigenvalue weighted by Gasteiger charge is -2.07. The first-order chi connectivity index (χ1) is 11.9. The Kier molecular flexibility index (Phi) is 4.37. The van der Waals surface area contributed by atoms with Gasteiger partial charge < -0.3 is 15.6 Å². The third-order valence-electron chi connectivity index (χ3n) is 3.56. The maximum Gasteiger partial charge on any atom is 0.346 e. The summed E-state index contributed by atoms with van der Waals surface area (Å²) < 4.78 is 33.4. The molecular formula is C17H11F2NO4S. The van der Waals surface area contributed by atoms with Crippen molar-refractivity contribution in [2.45, 2.75) is 6.61 Å². The van der Waals surface area contributed by atoms with E-state index in [0.29, 0.717) is 17.1 Å². The molecule has 0 aliphatic carbocycles. The van der Waals surface area contributed by atoms with Gasteiger partial charge in [0.25, 0.3) is 0 Å². The molecule has 2 aromatic carbocycles. The molecule has 0 spiro atoms. The smallest absolute Gasteiger partial charge is 0.346 e. The minimum absolute atomic E-state index is 0.0588. The highest BCUT2D eigenvalue weighted by Gasteiger charge is 2.23. The summed E-state index contributed by atoms with van der Waals surface area (Å²) in [4.78, 5) is 22.2. The Balaban J connectivity index is 1.97. The Hall–Kier alpha value is -3.00. The summed E-state index contributed by atoms with van der Waals surface area (Å²) >= 11 is 0.659. The van der Waals surface area contributed by atoms with Gasteiger partial charge in [0.15, 0.2) is 0 Å². The van der Waals surface area contributed by atoms with E-state index in [2.05, 4.69) is 0 Å². The Bertz CT molecular complexity index is 982. The van der Waals surface area contributed by atoms with Crippen LogP contribution in [0.5, 0.6) is 5.75 Å². The van der Waals surface area contributed by atoms with Crippen molar-refractivity contribution in [3.8, 4) is 5.75 Å². The molecule has 0 saturated heterocycles. The van der Waals surface area contributed by atoms with Gasteiger partial charge in [-0.3, -0.25) is 4.79 Å². The number of thiophene rings is 1. The number of ether oxygens (including phenoxy) is 1. The van der Waals surface area contributed by atoms with Crippen molar-refractivity contribution in [2.75, 3.05) is 0 Å². The van der Waals surface area contributed by atoms with E-state index in [1.165, 1.54) is 24.3 Å². The van der Waals surface area contributed by atoms with Crippen LogP contribution in [0, 0.1) is 11.6 Å². The number of fused-ring (bicyclic) bond motifs is 1. The maximum atomic E-state index is 14.1. The molecule has 0 radical (unpaired) electrons. The minimum atomic E-state index is -1.29. The molecule has 8 heteroatoms. The molecule has 0 atom stereocenters. The van der Waals surface area contributed by atoms with E-state index >= 15 is 0 Å². The molecule has 3 rings (SSSR count). The van der Waals surface area contributed by atoms with Crippen molar-refractivity contribution in [1.82, 2.24) is 0 Å². The Morgan fingerprint density at radius 2 is 1.72 bits per heavy atom. The van der Waals surface area contributed by atoms with Gasteiger partial charge in [0.2, 0.25) is 5.91 Å². The van der Waals surface area contributed by atoms with Gasteiger partial charge in [0.1, 0.15) is 28.9 Å². The second-order valence-corrected chi connectivity index (χ2v) is 6.15. The summed E-state index contributed by atoms with van der Waals surface area (Å²) in [6, 6.07) is 7.75. The molecular weight excluding hydrogens is 352 g/mol. The lowest BCUT2D eigenvalue weighted by atomic mass is 10.1. The van der Waals surface area contributed by atoms with Crippen molar-refractivity contribution in [2.24, 2.45) is 5.73 Å². The van der Waals surface area contributed by atoms with Crippen LogP contribution in [0.2, 0.25) is 0 Å². The molecule has 1 aromatic heterocycles. The van der Waals surface area contributed by atoms with Crippen LogP contribution in [-0.2, 0) is 6.61 Å². The quantitative estimate of drug-likeness (QED) is 0.725. The summed E-state index contributed by atoms with van der Waals surface area (Å²) in [6.07, 6.45) is 0. The average molecular weight is 363 g/mol. The average Bonchev–Trinajstić information content (AvgIpc) is 2.98. The number of carboxylic acid groups (broad SMARTS) is 1. The van der Waals surface area contributed by atoms with Gasteiger partial charge in [-0.1, -0.05) is 0 Å². The zero-order chi connectivity index (χ0) is 18.1. The molecule has 0 bridgehead atoms. The third kappa shape index (κ3) is 3.16. The van der Waals surface area contributed by atoms with Crippen LogP contribution >= 0.6 is 11.3 Å². The molecule has 0 unspecified atom stereocenters. The van der Waals surface area contributed by atoms with E-state index in [9.17, 15) is 23.5 Å². The van der Waals surface area contributed by atoms with Crippen molar-refractivity contribution in [3.63, 3.8) is 0 Å². The van der Waals surface area contributed by atoms with Crippen LogP contribution in [0.15, 0.2) is 36.4 Å². The number of benzene rings is 2. The molecule has 0 saturated carbocycles. The Morgan fingerprint density at radius 1 is 1.08 bits per heavy atom. The highest BCUT2D eigenvalue weighted by molar-refractivity contribution is 7.21. The molecule has 1 amide bonds. The Labute approximate surface area is 144 Å². The molecule has 1 heterocycles. The van der Waals surface area contributed by atoms with Crippen LogP contribution in [0.3, 0.4) is 0 Å². The second kappa shape index (κ2) is 6.48. The van der Waals surface area contributed by atoms with Gasteiger partial charge in [-0.2, -0.15) is 0 Å². The van der Waals surface area contributed by atoms with Crippen LogP contribution in [0.25, 0.3) is 10.1 Å². The van der Waals surface area contributed by atoms with E-state index < -0.39 is 23.5 Å². The number of carbonyl (C=O) groups is 2. The number of rotatable bonds is 5. The number of nitrogens with two attached hydrogens (primary N) is 1. The fourth-order valence-electron chi connectivity index (χ4n) is 2.37. The Morgan fingerprint density at radius 3 is 2.32 bits per heavy atom. The highest BCUT2D eigenvalue weighted by atomic mass is 32.1. The van der Waals surface area contributed by atoms with Gasteiger partial charge in [0.05, 0.1) is 4.70 Å². The van der Waals surface area contributed by atoms with Crippen molar-refractivity contribution < 1.29 is 28.2 Å². The van der Waals surface area contributed by atoms with Gasteiger partial charge in [-0.05, 0) is 36.4 Å². The van der Waals surface area contributed by atoms with Crippen LogP contribution in [0.1, 0.15) is 25.6 Å². The number of amides is 1. The summed E-state index contributed by atoms with van der Waals surface area (Å²) in [5.74, 6) is -2.97. The molecule has 3 N–H and O–H groups in total. The minimum Gasteiger partial charge on any atom is -0.489 e. The van der Waals surface area contributed by atoms with E-state index in [0.717, 1.165) is 12.1 Å². The predicted octanol–water partition coefficient (Wildman–Crippen LogP) is 3.56. The third-order valence-corrected chi connectivity index (χ3v) is 4.78. The number of aromatic carboxylic acids is 1. The van der Waals surface area contributed by atoms with E-state index in [-0.39, 0.29) is 32.7 Å². The second-order valence-electron chi connectivity index (χ2n) is 5.13. The first kappa shape index (κ1) is 16.8. The summed E-state index contributed by atoms with van der Waals surface area (Å²) in [5, 5.41) is 9.20. The number of hydrogen-bond donors (Lipinski definition) is 2. The van der Waals surface area contributed by atoms with Gasteiger partial charge in [-0.25, -0.2) is 13.6 Å². The summed E-state index contributed by atoms with van der Waals surface area (Å²) in [7, 11) is 0. The fraction of sp³-hybridized carbons (Fsp3) is 0.0588. The van der Waals surface area contributed by atoms with Gasteiger partial charge >= 0.3 is 5.97 Å². The molecule has 3 aromatic rings. The highest BCUT2D eigenvalue weighted by Crippen LogP contribution is 2.35. The number of carboxylic acids is 1. The van der Waals surface area contributed by atoms with Crippen LogP contribution in [0.4, 0.5) is 8.78 Å². The van der Waals surface area contributed by atoms with Crippen molar-refractivity contribution in [1.29, 1.82) is 0 Å². The largest absolute Gasteiger partial charge is 0.489 e. The van der Waals surface area contributed by atoms with E-state index in [1.807, 2.05) is 0 Å². The fourth-order valence-corrected chi connectivity index (χ4v) is 3.44. The molecule has 0 fully saturated rings. The summed E-state index contributed by atoms with van der Waals surface area (Å²) in [6.45, 7) is -0.266. The monoisotopic (exact) mass is 363 g/mol. The first-order valence-corrected chi connectivity index (χ1v) is 7.85. The van der Waals surface area contributed by atoms with E-state index in [4.69, 9.17) is 10.5 Å². The topological polar surface area (TPSA) is 89.6 Å². The maximum absolute atomic E-state index is 14.1. The van der Waals surface area contributed by atoms with Gasteiger partial charge in [-0.15, -0.1) is 11.3 Å². The molecule has 128 valence electrons. The number of halogens is 2. The van der Waals surface area contributed by atoms with E-state index in [1.54, 1.807) is 0 Å². The van der Waals surface area contributed by atoms with Gasteiger partial charge in [0, 0.05) is 16.5 Å². The van der Waals surface area contributed by atoms with Crippen LogP contribution < -0.4 is 10.5 Å². The van der Waals surface area contributed by atoms with Crippen LogP contribution in [-0.4, -0.2) is 17.0 Å². The number of carbonyl (C=O) groups excluding carboxylic acids is 1.